The van der Waals surface area contributed by atoms with Gasteiger partial charge in [0.15, 0.2) is 0 Å². The Morgan fingerprint density at radius 1 is 1.42 bits per heavy atom. The molecule has 1 N–H and O–H groups in total. The lowest BCUT2D eigenvalue weighted by Crippen LogP contribution is -2.25. The molecular weight excluding hydrogens is 264 g/mol. The van der Waals surface area contributed by atoms with Crippen molar-refractivity contribution in [3.63, 3.8) is 0 Å². The van der Waals surface area contributed by atoms with Crippen molar-refractivity contribution in [3.05, 3.63) is 23.2 Å². The molecule has 104 valence electrons. The number of amides is 1. The van der Waals surface area contributed by atoms with Gasteiger partial charge in [-0.05, 0) is 44.1 Å². The fourth-order valence-electron chi connectivity index (χ4n) is 2.23. The van der Waals surface area contributed by atoms with Gasteiger partial charge in [-0.2, -0.15) is 0 Å². The minimum atomic E-state index is 0.0214. The molecule has 0 spiro atoms. The first-order valence-corrected chi connectivity index (χ1v) is 6.92. The molecule has 0 radical (unpaired) electrons. The predicted octanol–water partition coefficient (Wildman–Crippen LogP) is 2.77. The lowest BCUT2D eigenvalue weighted by Gasteiger charge is -2.14. The minimum absolute atomic E-state index is 0.0214. The van der Waals surface area contributed by atoms with Gasteiger partial charge in [0.25, 0.3) is 0 Å². The van der Waals surface area contributed by atoms with E-state index in [1.807, 2.05) is 0 Å². The van der Waals surface area contributed by atoms with E-state index < -0.39 is 0 Å². The molecule has 5 heteroatoms. The van der Waals surface area contributed by atoms with Crippen LogP contribution in [0.5, 0.6) is 5.75 Å². The molecular formula is C14H19ClN2O2. The zero-order valence-electron chi connectivity index (χ0n) is 11.1. The number of halogens is 1. The molecule has 0 bridgehead atoms. The molecule has 1 amide bonds. The molecule has 1 aromatic rings. The number of ether oxygens (including phenoxy) is 1. The van der Waals surface area contributed by atoms with E-state index in [1.165, 1.54) is 12.8 Å². The van der Waals surface area contributed by atoms with E-state index >= 15 is 0 Å². The molecule has 1 aliphatic heterocycles. The first kappa shape index (κ1) is 14.2. The Balaban J connectivity index is 1.82. The summed E-state index contributed by atoms with van der Waals surface area (Å²) in [6.45, 7) is 3.05. The molecule has 1 aliphatic rings. The molecule has 1 fully saturated rings. The van der Waals surface area contributed by atoms with Gasteiger partial charge in [-0.1, -0.05) is 11.6 Å². The van der Waals surface area contributed by atoms with Gasteiger partial charge in [0.2, 0.25) is 5.91 Å². The van der Waals surface area contributed by atoms with E-state index in [4.69, 9.17) is 16.3 Å². The zero-order chi connectivity index (χ0) is 13.7. The van der Waals surface area contributed by atoms with Crippen molar-refractivity contribution in [3.8, 4) is 5.75 Å². The smallest absolute Gasteiger partial charge is 0.225 e. The van der Waals surface area contributed by atoms with Crippen LogP contribution < -0.4 is 10.1 Å². The van der Waals surface area contributed by atoms with Gasteiger partial charge in [0.1, 0.15) is 5.75 Å². The van der Waals surface area contributed by atoms with Crippen LogP contribution in [0.25, 0.3) is 0 Å². The maximum Gasteiger partial charge on any atom is 0.225 e. The van der Waals surface area contributed by atoms with Crippen molar-refractivity contribution < 1.29 is 9.53 Å². The average molecular weight is 283 g/mol. The van der Waals surface area contributed by atoms with E-state index in [0.717, 1.165) is 19.6 Å². The molecule has 0 aromatic heterocycles. The topological polar surface area (TPSA) is 41.6 Å². The van der Waals surface area contributed by atoms with E-state index in [9.17, 15) is 4.79 Å². The number of hydrogen-bond donors (Lipinski definition) is 1. The third-order valence-corrected chi connectivity index (χ3v) is 3.58. The van der Waals surface area contributed by atoms with Gasteiger partial charge in [-0.3, -0.25) is 4.79 Å². The van der Waals surface area contributed by atoms with Gasteiger partial charge < -0.3 is 15.0 Å². The van der Waals surface area contributed by atoms with Crippen LogP contribution in [0, 0.1) is 0 Å². The molecule has 0 unspecified atom stereocenters. The summed E-state index contributed by atoms with van der Waals surface area (Å²) in [6, 6.07) is 5.24. The Kier molecular flexibility index (Phi) is 5.05. The highest BCUT2D eigenvalue weighted by Gasteiger charge is 2.13. The molecule has 1 heterocycles. The number of methoxy groups -OCH3 is 1. The van der Waals surface area contributed by atoms with Gasteiger partial charge in [-0.15, -0.1) is 0 Å². The van der Waals surface area contributed by atoms with E-state index in [0.29, 0.717) is 22.9 Å². The number of anilines is 1. The number of rotatable bonds is 5. The second-order valence-electron chi connectivity index (χ2n) is 4.70. The summed E-state index contributed by atoms with van der Waals surface area (Å²) < 4.78 is 5.07. The first-order valence-electron chi connectivity index (χ1n) is 6.55. The average Bonchev–Trinajstić information content (AvgIpc) is 2.90. The third-order valence-electron chi connectivity index (χ3n) is 3.29. The molecule has 4 nitrogen and oxygen atoms in total. The molecule has 19 heavy (non-hydrogen) atoms. The standard InChI is InChI=1S/C14H19ClN2O2/c1-19-13-5-4-11(10-12(13)15)16-14(18)6-9-17-7-2-3-8-17/h4-5,10H,2-3,6-9H2,1H3,(H,16,18). The van der Waals surface area contributed by atoms with E-state index in [2.05, 4.69) is 10.2 Å². The molecule has 1 aromatic carbocycles. The SMILES string of the molecule is COc1ccc(NC(=O)CCN2CCCC2)cc1Cl. The lowest BCUT2D eigenvalue weighted by atomic mass is 10.3. The van der Waals surface area contributed by atoms with Crippen molar-refractivity contribution in [2.75, 3.05) is 32.1 Å². The summed E-state index contributed by atoms with van der Waals surface area (Å²) in [6.07, 6.45) is 3.01. The van der Waals surface area contributed by atoms with Crippen molar-refractivity contribution in [2.45, 2.75) is 19.3 Å². The Morgan fingerprint density at radius 2 is 2.16 bits per heavy atom. The molecule has 1 saturated heterocycles. The normalized spacial score (nSPS) is 15.5. The number of nitrogens with one attached hydrogen (secondary N) is 1. The Labute approximate surface area is 118 Å². The maximum absolute atomic E-state index is 11.8. The number of likely N-dealkylation sites (tertiary alicyclic amines) is 1. The van der Waals surface area contributed by atoms with Crippen LogP contribution in [-0.4, -0.2) is 37.6 Å². The number of nitrogens with zero attached hydrogens (tertiary/aromatic N) is 1. The number of hydrogen-bond acceptors (Lipinski definition) is 3. The maximum atomic E-state index is 11.8. The second-order valence-corrected chi connectivity index (χ2v) is 5.10. The second kappa shape index (κ2) is 6.78. The highest BCUT2D eigenvalue weighted by molar-refractivity contribution is 6.32. The van der Waals surface area contributed by atoms with Crippen molar-refractivity contribution in [1.29, 1.82) is 0 Å². The summed E-state index contributed by atoms with van der Waals surface area (Å²) in [5.41, 5.74) is 0.706. The Morgan fingerprint density at radius 3 is 2.79 bits per heavy atom. The molecule has 0 saturated carbocycles. The number of benzene rings is 1. The Bertz CT molecular complexity index is 445. The zero-order valence-corrected chi connectivity index (χ0v) is 11.9. The van der Waals surface area contributed by atoms with Gasteiger partial charge >= 0.3 is 0 Å². The number of carbonyl (C=O) groups is 1. The summed E-state index contributed by atoms with van der Waals surface area (Å²) >= 11 is 6.01. The van der Waals surface area contributed by atoms with Crippen LogP contribution in [0.2, 0.25) is 5.02 Å². The van der Waals surface area contributed by atoms with Crippen LogP contribution in [0.1, 0.15) is 19.3 Å². The fourth-order valence-corrected chi connectivity index (χ4v) is 2.49. The Hall–Kier alpha value is -1.26. The third kappa shape index (κ3) is 4.11. The molecule has 2 rings (SSSR count). The van der Waals surface area contributed by atoms with Crippen molar-refractivity contribution in [2.24, 2.45) is 0 Å². The summed E-state index contributed by atoms with van der Waals surface area (Å²) in [5, 5.41) is 3.35. The van der Waals surface area contributed by atoms with E-state index in [-0.39, 0.29) is 5.91 Å². The largest absolute Gasteiger partial charge is 0.495 e. The van der Waals surface area contributed by atoms with Gasteiger partial charge in [0.05, 0.1) is 12.1 Å². The molecule has 0 atom stereocenters. The summed E-state index contributed by atoms with van der Waals surface area (Å²) in [4.78, 5) is 14.1. The lowest BCUT2D eigenvalue weighted by molar-refractivity contribution is -0.116. The quantitative estimate of drug-likeness (QED) is 0.903. The first-order chi connectivity index (χ1) is 9.19. The van der Waals surface area contributed by atoms with E-state index in [1.54, 1.807) is 25.3 Å². The van der Waals surface area contributed by atoms with Crippen molar-refractivity contribution >= 4 is 23.2 Å². The van der Waals surface area contributed by atoms with Gasteiger partial charge in [0, 0.05) is 18.7 Å². The van der Waals surface area contributed by atoms with Crippen LogP contribution in [0.15, 0.2) is 18.2 Å². The highest BCUT2D eigenvalue weighted by atomic mass is 35.5. The number of carbonyl (C=O) groups excluding carboxylic acids is 1. The molecule has 0 aliphatic carbocycles. The van der Waals surface area contributed by atoms with Crippen LogP contribution in [0.3, 0.4) is 0 Å². The minimum Gasteiger partial charge on any atom is -0.495 e. The summed E-state index contributed by atoms with van der Waals surface area (Å²) in [7, 11) is 1.56. The highest BCUT2D eigenvalue weighted by Crippen LogP contribution is 2.27. The van der Waals surface area contributed by atoms with Crippen LogP contribution >= 0.6 is 11.6 Å². The van der Waals surface area contributed by atoms with Crippen LogP contribution in [-0.2, 0) is 4.79 Å². The van der Waals surface area contributed by atoms with Crippen LogP contribution in [0.4, 0.5) is 5.69 Å². The van der Waals surface area contributed by atoms with Gasteiger partial charge in [-0.25, -0.2) is 0 Å². The monoisotopic (exact) mass is 282 g/mol. The predicted molar refractivity (Wildman–Crippen MR) is 76.9 cm³/mol. The fraction of sp³-hybridized carbons (Fsp3) is 0.500. The van der Waals surface area contributed by atoms with Crippen molar-refractivity contribution in [1.82, 2.24) is 4.90 Å². The summed E-state index contributed by atoms with van der Waals surface area (Å²) in [5.74, 6) is 0.630.